The minimum Gasteiger partial charge on any atom is -0.396 e. The molecule has 4 heteroatoms. The summed E-state index contributed by atoms with van der Waals surface area (Å²) >= 11 is 1.75. The van der Waals surface area contributed by atoms with E-state index >= 15 is 0 Å². The summed E-state index contributed by atoms with van der Waals surface area (Å²) in [6.07, 6.45) is 1.86. The molecule has 86 valence electrons. The Morgan fingerprint density at radius 1 is 1.47 bits per heavy atom. The summed E-state index contributed by atoms with van der Waals surface area (Å²) in [5.41, 5.74) is 1.13. The van der Waals surface area contributed by atoms with Gasteiger partial charge in [0.15, 0.2) is 0 Å². The number of nitrogens with zero attached hydrogens (tertiary/aromatic N) is 1. The fraction of sp³-hybridized carbons (Fsp3) is 0.727. The highest BCUT2D eigenvalue weighted by Crippen LogP contribution is 2.16. The Bertz CT molecular complexity index is 279. The van der Waals surface area contributed by atoms with E-state index in [9.17, 15) is 0 Å². The van der Waals surface area contributed by atoms with Crippen LogP contribution in [0.25, 0.3) is 0 Å². The molecule has 15 heavy (non-hydrogen) atoms. The summed E-state index contributed by atoms with van der Waals surface area (Å²) in [5.74, 6) is 0. The molecule has 1 aromatic heterocycles. The van der Waals surface area contributed by atoms with Crippen molar-refractivity contribution in [3.63, 3.8) is 0 Å². The lowest BCUT2D eigenvalue weighted by Crippen LogP contribution is -2.28. The molecular weight excluding hydrogens is 208 g/mol. The lowest BCUT2D eigenvalue weighted by atomic mass is 10.1. The van der Waals surface area contributed by atoms with Crippen LogP contribution in [0.2, 0.25) is 0 Å². The number of hydrogen-bond donors (Lipinski definition) is 2. The average molecular weight is 228 g/mol. The molecule has 0 aromatic carbocycles. The van der Waals surface area contributed by atoms with E-state index in [0.29, 0.717) is 6.04 Å². The van der Waals surface area contributed by atoms with Gasteiger partial charge in [-0.25, -0.2) is 4.98 Å². The van der Waals surface area contributed by atoms with Gasteiger partial charge in [-0.15, -0.1) is 11.3 Å². The molecular formula is C11H20N2OS. The Balaban J connectivity index is 2.41. The molecule has 0 aliphatic carbocycles. The van der Waals surface area contributed by atoms with E-state index in [1.54, 1.807) is 11.3 Å². The van der Waals surface area contributed by atoms with E-state index in [4.69, 9.17) is 5.11 Å². The normalized spacial score (nSPS) is 13.1. The van der Waals surface area contributed by atoms with E-state index in [2.05, 4.69) is 24.1 Å². The van der Waals surface area contributed by atoms with Gasteiger partial charge in [0.25, 0.3) is 0 Å². The van der Waals surface area contributed by atoms with Crippen LogP contribution in [0, 0.1) is 13.8 Å². The van der Waals surface area contributed by atoms with Gasteiger partial charge < -0.3 is 10.4 Å². The number of hydrogen-bond acceptors (Lipinski definition) is 4. The third-order valence-corrected chi connectivity index (χ3v) is 3.66. The Morgan fingerprint density at radius 2 is 2.20 bits per heavy atom. The van der Waals surface area contributed by atoms with E-state index < -0.39 is 0 Å². The predicted octanol–water partition coefficient (Wildman–Crippen LogP) is 2.01. The smallest absolute Gasteiger partial charge is 0.107 e. The molecule has 0 fully saturated rings. The number of aliphatic hydroxyl groups excluding tert-OH is 1. The number of nitrogens with one attached hydrogen (secondary N) is 1. The van der Waals surface area contributed by atoms with Crippen LogP contribution >= 0.6 is 11.3 Å². The minimum absolute atomic E-state index is 0.251. The molecule has 0 aliphatic heterocycles. The second-order valence-electron chi connectivity index (χ2n) is 3.75. The summed E-state index contributed by atoms with van der Waals surface area (Å²) in [6, 6.07) is 0.402. The van der Waals surface area contributed by atoms with E-state index in [1.807, 2.05) is 6.92 Å². The highest BCUT2D eigenvalue weighted by Gasteiger charge is 2.07. The van der Waals surface area contributed by atoms with Crippen molar-refractivity contribution in [3.8, 4) is 0 Å². The quantitative estimate of drug-likeness (QED) is 0.783. The average Bonchev–Trinajstić information content (AvgIpc) is 2.53. The third-order valence-electron chi connectivity index (χ3n) is 2.59. The van der Waals surface area contributed by atoms with Crippen LogP contribution in [0.1, 0.15) is 35.3 Å². The highest BCUT2D eigenvalue weighted by molar-refractivity contribution is 7.11. The van der Waals surface area contributed by atoms with Crippen molar-refractivity contribution < 1.29 is 5.11 Å². The first-order chi connectivity index (χ1) is 7.17. The molecule has 1 aromatic rings. The molecule has 0 radical (unpaired) electrons. The van der Waals surface area contributed by atoms with Crippen LogP contribution in [0.3, 0.4) is 0 Å². The first-order valence-electron chi connectivity index (χ1n) is 5.44. The van der Waals surface area contributed by atoms with Gasteiger partial charge in [0.05, 0.1) is 5.69 Å². The molecule has 3 nitrogen and oxygen atoms in total. The van der Waals surface area contributed by atoms with Crippen molar-refractivity contribution in [1.29, 1.82) is 0 Å². The molecule has 0 aliphatic rings. The molecule has 0 spiro atoms. The minimum atomic E-state index is 0.251. The SMILES string of the molecule is CCC(CCO)NCc1nc(C)c(C)s1. The molecule has 0 saturated carbocycles. The van der Waals surface area contributed by atoms with Gasteiger partial charge >= 0.3 is 0 Å². The van der Waals surface area contributed by atoms with Crippen LogP contribution in [0.5, 0.6) is 0 Å². The lowest BCUT2D eigenvalue weighted by Gasteiger charge is -2.14. The summed E-state index contributed by atoms with van der Waals surface area (Å²) < 4.78 is 0. The van der Waals surface area contributed by atoms with Crippen molar-refractivity contribution >= 4 is 11.3 Å². The summed E-state index contributed by atoms with van der Waals surface area (Å²) in [5, 5.41) is 13.4. The first-order valence-corrected chi connectivity index (χ1v) is 6.26. The molecule has 1 unspecified atom stereocenters. The molecule has 1 rings (SSSR count). The van der Waals surface area contributed by atoms with Gasteiger partial charge in [0.2, 0.25) is 0 Å². The van der Waals surface area contributed by atoms with Crippen LogP contribution in [0.15, 0.2) is 0 Å². The molecule has 0 saturated heterocycles. The zero-order chi connectivity index (χ0) is 11.3. The van der Waals surface area contributed by atoms with Crippen LogP contribution in [-0.2, 0) is 6.54 Å². The van der Waals surface area contributed by atoms with Crippen molar-refractivity contribution in [2.45, 2.75) is 46.2 Å². The number of aliphatic hydroxyl groups is 1. The van der Waals surface area contributed by atoms with Gasteiger partial charge in [0.1, 0.15) is 5.01 Å². The highest BCUT2D eigenvalue weighted by atomic mass is 32.1. The van der Waals surface area contributed by atoms with Gasteiger partial charge in [-0.3, -0.25) is 0 Å². The zero-order valence-corrected chi connectivity index (χ0v) is 10.5. The molecule has 2 N–H and O–H groups in total. The first kappa shape index (κ1) is 12.6. The van der Waals surface area contributed by atoms with Gasteiger partial charge in [0, 0.05) is 24.1 Å². The maximum Gasteiger partial charge on any atom is 0.107 e. The summed E-state index contributed by atoms with van der Waals surface area (Å²) in [6.45, 7) is 7.34. The number of thiazole rings is 1. The maximum atomic E-state index is 8.86. The van der Waals surface area contributed by atoms with Crippen molar-refractivity contribution in [3.05, 3.63) is 15.6 Å². The number of aryl methyl sites for hydroxylation is 2. The van der Waals surface area contributed by atoms with E-state index in [0.717, 1.165) is 30.1 Å². The van der Waals surface area contributed by atoms with Crippen molar-refractivity contribution in [2.24, 2.45) is 0 Å². The van der Waals surface area contributed by atoms with E-state index in [1.165, 1.54) is 4.88 Å². The lowest BCUT2D eigenvalue weighted by molar-refractivity contribution is 0.262. The Kier molecular flexibility index (Phi) is 5.22. The van der Waals surface area contributed by atoms with E-state index in [-0.39, 0.29) is 6.61 Å². The molecule has 1 heterocycles. The summed E-state index contributed by atoms with van der Waals surface area (Å²) in [7, 11) is 0. The zero-order valence-electron chi connectivity index (χ0n) is 9.71. The van der Waals surface area contributed by atoms with Crippen molar-refractivity contribution in [1.82, 2.24) is 10.3 Å². The van der Waals surface area contributed by atoms with Gasteiger partial charge in [-0.1, -0.05) is 6.92 Å². The Hall–Kier alpha value is -0.450. The van der Waals surface area contributed by atoms with Crippen LogP contribution in [0.4, 0.5) is 0 Å². The topological polar surface area (TPSA) is 45.1 Å². The fourth-order valence-corrected chi connectivity index (χ4v) is 2.34. The van der Waals surface area contributed by atoms with Gasteiger partial charge in [-0.05, 0) is 26.7 Å². The second-order valence-corrected chi connectivity index (χ2v) is 5.04. The Labute approximate surface area is 95.6 Å². The monoisotopic (exact) mass is 228 g/mol. The summed E-state index contributed by atoms with van der Waals surface area (Å²) in [4.78, 5) is 5.76. The number of aromatic nitrogens is 1. The molecule has 0 bridgehead atoms. The number of rotatable bonds is 6. The fourth-order valence-electron chi connectivity index (χ4n) is 1.45. The van der Waals surface area contributed by atoms with Gasteiger partial charge in [-0.2, -0.15) is 0 Å². The van der Waals surface area contributed by atoms with Crippen molar-refractivity contribution in [2.75, 3.05) is 6.61 Å². The largest absolute Gasteiger partial charge is 0.396 e. The maximum absolute atomic E-state index is 8.86. The Morgan fingerprint density at radius 3 is 2.67 bits per heavy atom. The third kappa shape index (κ3) is 3.89. The standard InChI is InChI=1S/C11H20N2OS/c1-4-10(5-6-14)12-7-11-13-8(2)9(3)15-11/h10,12,14H,4-7H2,1-3H3. The molecule has 1 atom stereocenters. The van der Waals surface area contributed by atoms with Crippen LogP contribution < -0.4 is 5.32 Å². The second kappa shape index (κ2) is 6.20. The molecule has 0 amide bonds. The van der Waals surface area contributed by atoms with Crippen LogP contribution in [-0.4, -0.2) is 22.7 Å². The predicted molar refractivity (Wildman–Crippen MR) is 64.2 cm³/mol.